The molecular weight excluding hydrogens is 136 g/mol. The summed E-state index contributed by atoms with van der Waals surface area (Å²) in [5.41, 5.74) is 0. The van der Waals surface area contributed by atoms with E-state index >= 15 is 0 Å². The van der Waals surface area contributed by atoms with Crippen LogP contribution < -0.4 is 0 Å². The van der Waals surface area contributed by atoms with E-state index in [2.05, 4.69) is 13.8 Å². The lowest BCUT2D eigenvalue weighted by Gasteiger charge is -2.05. The molecule has 1 rings (SSSR count). The fraction of sp³-hybridized carbons (Fsp3) is 0.900. The van der Waals surface area contributed by atoms with Gasteiger partial charge in [-0.05, 0) is 18.8 Å². The molecular formula is C10H18O. The first-order chi connectivity index (χ1) is 5.20. The van der Waals surface area contributed by atoms with Crippen LogP contribution in [-0.2, 0) is 4.79 Å². The highest BCUT2D eigenvalue weighted by molar-refractivity contribution is 5.85. The van der Waals surface area contributed by atoms with Crippen LogP contribution in [0.25, 0.3) is 0 Å². The standard InChI is InChI=1S/C10H18O/c1-4-7(3)10(11)9-6-8(9)5-2/h7-9H,4-6H2,1-3H3/t7?,8-,9-/m1/s1. The van der Waals surface area contributed by atoms with Gasteiger partial charge < -0.3 is 0 Å². The highest BCUT2D eigenvalue weighted by Crippen LogP contribution is 2.43. The largest absolute Gasteiger partial charge is 0.299 e. The molecule has 1 aliphatic carbocycles. The summed E-state index contributed by atoms with van der Waals surface area (Å²) >= 11 is 0. The van der Waals surface area contributed by atoms with Crippen LogP contribution in [0, 0.1) is 17.8 Å². The van der Waals surface area contributed by atoms with Crippen LogP contribution in [0.4, 0.5) is 0 Å². The minimum Gasteiger partial charge on any atom is -0.299 e. The molecule has 1 fully saturated rings. The average Bonchev–Trinajstić information content (AvgIpc) is 2.80. The van der Waals surface area contributed by atoms with Crippen molar-refractivity contribution in [3.63, 3.8) is 0 Å². The van der Waals surface area contributed by atoms with E-state index in [-0.39, 0.29) is 0 Å². The summed E-state index contributed by atoms with van der Waals surface area (Å²) in [7, 11) is 0. The Morgan fingerprint density at radius 1 is 1.55 bits per heavy atom. The second-order valence-electron chi connectivity index (χ2n) is 3.72. The van der Waals surface area contributed by atoms with Gasteiger partial charge in [0.05, 0.1) is 0 Å². The van der Waals surface area contributed by atoms with Crippen molar-refractivity contribution in [3.05, 3.63) is 0 Å². The van der Waals surface area contributed by atoms with Crippen molar-refractivity contribution in [1.29, 1.82) is 0 Å². The third-order valence-electron chi connectivity index (χ3n) is 2.91. The Bertz CT molecular complexity index is 151. The van der Waals surface area contributed by atoms with Gasteiger partial charge in [-0.3, -0.25) is 4.79 Å². The molecule has 11 heavy (non-hydrogen) atoms. The molecule has 3 atom stereocenters. The zero-order chi connectivity index (χ0) is 8.43. The van der Waals surface area contributed by atoms with Gasteiger partial charge in [0.2, 0.25) is 0 Å². The summed E-state index contributed by atoms with van der Waals surface area (Å²) in [6, 6.07) is 0. The monoisotopic (exact) mass is 154 g/mol. The molecule has 64 valence electrons. The zero-order valence-corrected chi connectivity index (χ0v) is 7.76. The van der Waals surface area contributed by atoms with Gasteiger partial charge in [0, 0.05) is 11.8 Å². The van der Waals surface area contributed by atoms with Crippen LogP contribution in [0.3, 0.4) is 0 Å². The Labute approximate surface area is 69.2 Å². The number of hydrogen-bond acceptors (Lipinski definition) is 1. The molecule has 0 bridgehead atoms. The van der Waals surface area contributed by atoms with E-state index in [4.69, 9.17) is 0 Å². The quantitative estimate of drug-likeness (QED) is 0.608. The molecule has 0 aliphatic heterocycles. The normalized spacial score (nSPS) is 31.5. The summed E-state index contributed by atoms with van der Waals surface area (Å²) in [6.07, 6.45) is 3.36. The first kappa shape index (κ1) is 8.76. The van der Waals surface area contributed by atoms with Gasteiger partial charge >= 0.3 is 0 Å². The smallest absolute Gasteiger partial charge is 0.139 e. The van der Waals surface area contributed by atoms with Crippen LogP contribution in [0.1, 0.15) is 40.0 Å². The summed E-state index contributed by atoms with van der Waals surface area (Å²) in [6.45, 7) is 6.31. The van der Waals surface area contributed by atoms with E-state index in [1.807, 2.05) is 6.92 Å². The summed E-state index contributed by atoms with van der Waals surface area (Å²) in [5, 5.41) is 0. The van der Waals surface area contributed by atoms with E-state index in [9.17, 15) is 4.79 Å². The van der Waals surface area contributed by atoms with Crippen molar-refractivity contribution >= 4 is 5.78 Å². The van der Waals surface area contributed by atoms with Gasteiger partial charge in [0.15, 0.2) is 0 Å². The van der Waals surface area contributed by atoms with Crippen LogP contribution in [0.15, 0.2) is 0 Å². The molecule has 0 saturated heterocycles. The van der Waals surface area contributed by atoms with Gasteiger partial charge in [0.25, 0.3) is 0 Å². The Morgan fingerprint density at radius 3 is 2.55 bits per heavy atom. The molecule has 0 N–H and O–H groups in total. The van der Waals surface area contributed by atoms with E-state index in [0.717, 1.165) is 12.3 Å². The molecule has 1 unspecified atom stereocenters. The molecule has 1 nitrogen and oxygen atoms in total. The van der Waals surface area contributed by atoms with Crippen molar-refractivity contribution in [2.75, 3.05) is 0 Å². The molecule has 0 amide bonds. The zero-order valence-electron chi connectivity index (χ0n) is 7.76. The van der Waals surface area contributed by atoms with Crippen molar-refractivity contribution in [1.82, 2.24) is 0 Å². The van der Waals surface area contributed by atoms with E-state index in [1.165, 1.54) is 12.8 Å². The maximum atomic E-state index is 11.5. The van der Waals surface area contributed by atoms with Crippen LogP contribution in [-0.4, -0.2) is 5.78 Å². The number of carbonyl (C=O) groups is 1. The highest BCUT2D eigenvalue weighted by Gasteiger charge is 2.42. The number of Topliss-reactive ketones (excluding diaryl/α,β-unsaturated/α-hetero) is 1. The molecule has 1 saturated carbocycles. The molecule has 0 heterocycles. The molecule has 0 aromatic heterocycles. The average molecular weight is 154 g/mol. The van der Waals surface area contributed by atoms with Gasteiger partial charge in [0.1, 0.15) is 5.78 Å². The SMILES string of the molecule is CCC(C)C(=O)[C@@H]1C[C@H]1CC. The molecule has 1 heteroatoms. The number of rotatable bonds is 4. The minimum absolute atomic E-state index is 0.302. The van der Waals surface area contributed by atoms with Gasteiger partial charge in [-0.2, -0.15) is 0 Å². The van der Waals surface area contributed by atoms with Gasteiger partial charge in [-0.25, -0.2) is 0 Å². The predicted molar refractivity (Wildman–Crippen MR) is 46.4 cm³/mol. The summed E-state index contributed by atoms with van der Waals surface area (Å²) < 4.78 is 0. The molecule has 0 aromatic rings. The van der Waals surface area contributed by atoms with Crippen molar-refractivity contribution in [2.24, 2.45) is 17.8 Å². The third kappa shape index (κ3) is 1.82. The topological polar surface area (TPSA) is 17.1 Å². The maximum Gasteiger partial charge on any atom is 0.139 e. The van der Waals surface area contributed by atoms with E-state index in [0.29, 0.717) is 17.6 Å². The fourth-order valence-electron chi connectivity index (χ4n) is 1.61. The fourth-order valence-corrected chi connectivity index (χ4v) is 1.61. The Balaban J connectivity index is 2.33. The lowest BCUT2D eigenvalue weighted by molar-refractivity contribution is -0.124. The minimum atomic E-state index is 0.302. The molecule has 0 spiro atoms. The summed E-state index contributed by atoms with van der Waals surface area (Å²) in [4.78, 5) is 11.5. The number of hydrogen-bond donors (Lipinski definition) is 0. The Kier molecular flexibility index (Phi) is 2.69. The maximum absolute atomic E-state index is 11.5. The number of carbonyl (C=O) groups excluding carboxylic acids is 1. The first-order valence-corrected chi connectivity index (χ1v) is 4.74. The second-order valence-corrected chi connectivity index (χ2v) is 3.72. The highest BCUT2D eigenvalue weighted by atomic mass is 16.1. The second kappa shape index (κ2) is 3.38. The van der Waals surface area contributed by atoms with E-state index < -0.39 is 0 Å². The molecule has 1 aliphatic rings. The van der Waals surface area contributed by atoms with Crippen molar-refractivity contribution in [3.8, 4) is 0 Å². The first-order valence-electron chi connectivity index (χ1n) is 4.74. The van der Waals surface area contributed by atoms with Crippen LogP contribution in [0.5, 0.6) is 0 Å². The molecule has 0 radical (unpaired) electrons. The van der Waals surface area contributed by atoms with Gasteiger partial charge in [-0.15, -0.1) is 0 Å². The number of ketones is 1. The lowest BCUT2D eigenvalue weighted by atomic mass is 9.99. The predicted octanol–water partition coefficient (Wildman–Crippen LogP) is 2.65. The van der Waals surface area contributed by atoms with Crippen molar-refractivity contribution < 1.29 is 4.79 Å². The van der Waals surface area contributed by atoms with Crippen LogP contribution >= 0.6 is 0 Å². The van der Waals surface area contributed by atoms with Crippen molar-refractivity contribution in [2.45, 2.75) is 40.0 Å². The Morgan fingerprint density at radius 2 is 2.18 bits per heavy atom. The third-order valence-corrected chi connectivity index (χ3v) is 2.91. The lowest BCUT2D eigenvalue weighted by Crippen LogP contribution is -2.12. The molecule has 0 aromatic carbocycles. The van der Waals surface area contributed by atoms with Crippen LogP contribution in [0.2, 0.25) is 0 Å². The summed E-state index contributed by atoms with van der Waals surface area (Å²) in [5.74, 6) is 1.99. The van der Waals surface area contributed by atoms with E-state index in [1.54, 1.807) is 0 Å². The Hall–Kier alpha value is -0.330. The van der Waals surface area contributed by atoms with Gasteiger partial charge in [-0.1, -0.05) is 27.2 Å².